The van der Waals surface area contributed by atoms with E-state index in [-0.39, 0.29) is 0 Å². The van der Waals surface area contributed by atoms with Crippen LogP contribution in [0.1, 0.15) is 11.6 Å². The molecule has 1 aliphatic rings. The largest absolute Gasteiger partial charge is 0.496 e. The molecule has 1 aromatic carbocycles. The first kappa shape index (κ1) is 13.6. The Hall–Kier alpha value is -1.79. The summed E-state index contributed by atoms with van der Waals surface area (Å²) in [5.74, 6) is -0.573. The Bertz CT molecular complexity index is 458. The van der Waals surface area contributed by atoms with Gasteiger partial charge >= 0.3 is 5.97 Å². The molecular weight excluding hydrogens is 248 g/mol. The van der Waals surface area contributed by atoms with Crippen molar-refractivity contribution in [1.29, 1.82) is 0 Å². The number of methoxy groups -OCH3 is 1. The third-order valence-electron chi connectivity index (χ3n) is 3.19. The molecule has 2 rings (SSSR count). The van der Waals surface area contributed by atoms with Crippen LogP contribution in [0.2, 0.25) is 0 Å². The maximum atomic E-state index is 10.9. The van der Waals surface area contributed by atoms with Gasteiger partial charge < -0.3 is 25.2 Å². The SMILES string of the molecule is COc1cc(N2CCOCC2)ccc1[C@H](N)C(=O)O. The summed E-state index contributed by atoms with van der Waals surface area (Å²) in [6.45, 7) is 3.01. The van der Waals surface area contributed by atoms with Crippen LogP contribution in [0.5, 0.6) is 5.75 Å². The highest BCUT2D eigenvalue weighted by Gasteiger charge is 2.20. The van der Waals surface area contributed by atoms with Gasteiger partial charge in [-0.05, 0) is 6.07 Å². The van der Waals surface area contributed by atoms with Gasteiger partial charge in [0, 0.05) is 30.4 Å². The van der Waals surface area contributed by atoms with Crippen molar-refractivity contribution in [2.24, 2.45) is 5.73 Å². The first-order chi connectivity index (χ1) is 9.13. The van der Waals surface area contributed by atoms with Crippen molar-refractivity contribution in [1.82, 2.24) is 0 Å². The summed E-state index contributed by atoms with van der Waals surface area (Å²) in [6.07, 6.45) is 0. The van der Waals surface area contributed by atoms with Gasteiger partial charge in [0.05, 0.1) is 20.3 Å². The van der Waals surface area contributed by atoms with Crippen LogP contribution in [0.25, 0.3) is 0 Å². The van der Waals surface area contributed by atoms with E-state index in [1.54, 1.807) is 6.07 Å². The van der Waals surface area contributed by atoms with Crippen molar-refractivity contribution >= 4 is 11.7 Å². The zero-order chi connectivity index (χ0) is 13.8. The van der Waals surface area contributed by atoms with E-state index in [0.717, 1.165) is 18.8 Å². The number of morpholine rings is 1. The van der Waals surface area contributed by atoms with Crippen LogP contribution in [0.3, 0.4) is 0 Å². The van der Waals surface area contributed by atoms with Crippen LogP contribution in [-0.4, -0.2) is 44.5 Å². The van der Waals surface area contributed by atoms with Gasteiger partial charge in [0.25, 0.3) is 0 Å². The number of hydrogen-bond donors (Lipinski definition) is 2. The standard InChI is InChI=1S/C13H18N2O4/c1-18-11-8-9(15-4-6-19-7-5-15)2-3-10(11)12(14)13(16)17/h2-3,8,12H,4-7,14H2,1H3,(H,16,17)/t12-/m0/s1. The third-order valence-corrected chi connectivity index (χ3v) is 3.19. The molecule has 0 aromatic heterocycles. The molecule has 1 saturated heterocycles. The maximum absolute atomic E-state index is 10.9. The van der Waals surface area contributed by atoms with Gasteiger partial charge in [-0.15, -0.1) is 0 Å². The number of hydrogen-bond acceptors (Lipinski definition) is 5. The number of aliphatic carboxylic acids is 1. The number of ether oxygens (including phenoxy) is 2. The van der Waals surface area contributed by atoms with E-state index < -0.39 is 12.0 Å². The summed E-state index contributed by atoms with van der Waals surface area (Å²) in [4.78, 5) is 13.1. The van der Waals surface area contributed by atoms with Crippen molar-refractivity contribution in [2.75, 3.05) is 38.3 Å². The van der Waals surface area contributed by atoms with E-state index in [9.17, 15) is 4.79 Å². The Morgan fingerprint density at radius 2 is 2.16 bits per heavy atom. The summed E-state index contributed by atoms with van der Waals surface area (Å²) >= 11 is 0. The molecule has 3 N–H and O–H groups in total. The minimum absolute atomic E-state index is 0.479. The second-order valence-electron chi connectivity index (χ2n) is 4.34. The van der Waals surface area contributed by atoms with E-state index in [2.05, 4.69) is 4.90 Å². The highest BCUT2D eigenvalue weighted by atomic mass is 16.5. The van der Waals surface area contributed by atoms with Crippen molar-refractivity contribution in [2.45, 2.75) is 6.04 Å². The van der Waals surface area contributed by atoms with Crippen LogP contribution >= 0.6 is 0 Å². The molecule has 0 radical (unpaired) electrons. The van der Waals surface area contributed by atoms with Gasteiger partial charge in [0.1, 0.15) is 11.8 Å². The highest BCUT2D eigenvalue weighted by molar-refractivity contribution is 5.77. The monoisotopic (exact) mass is 266 g/mol. The van der Waals surface area contributed by atoms with E-state index in [1.165, 1.54) is 7.11 Å². The lowest BCUT2D eigenvalue weighted by Gasteiger charge is -2.29. The predicted molar refractivity (Wildman–Crippen MR) is 70.6 cm³/mol. The number of carboxylic acids is 1. The third kappa shape index (κ3) is 2.97. The van der Waals surface area contributed by atoms with Gasteiger partial charge in [-0.2, -0.15) is 0 Å². The van der Waals surface area contributed by atoms with E-state index in [0.29, 0.717) is 24.5 Å². The van der Waals surface area contributed by atoms with Crippen molar-refractivity contribution < 1.29 is 19.4 Å². The molecule has 1 aliphatic heterocycles. The molecule has 6 nitrogen and oxygen atoms in total. The molecule has 0 amide bonds. The van der Waals surface area contributed by atoms with Gasteiger partial charge in [-0.1, -0.05) is 6.07 Å². The van der Waals surface area contributed by atoms with Crippen molar-refractivity contribution in [3.8, 4) is 5.75 Å². The molecule has 19 heavy (non-hydrogen) atoms. The van der Waals surface area contributed by atoms with Gasteiger partial charge in [-0.3, -0.25) is 4.79 Å². The zero-order valence-electron chi connectivity index (χ0n) is 10.8. The van der Waals surface area contributed by atoms with Crippen LogP contribution in [0, 0.1) is 0 Å². The van der Waals surface area contributed by atoms with Gasteiger partial charge in [0.15, 0.2) is 0 Å². The number of carbonyl (C=O) groups is 1. The number of carboxylic acid groups (broad SMARTS) is 1. The first-order valence-electron chi connectivity index (χ1n) is 6.12. The van der Waals surface area contributed by atoms with Crippen LogP contribution < -0.4 is 15.4 Å². The number of anilines is 1. The Morgan fingerprint density at radius 1 is 1.47 bits per heavy atom. The van der Waals surface area contributed by atoms with E-state index in [1.807, 2.05) is 12.1 Å². The van der Waals surface area contributed by atoms with E-state index >= 15 is 0 Å². The van der Waals surface area contributed by atoms with E-state index in [4.69, 9.17) is 20.3 Å². The molecule has 0 saturated carbocycles. The molecule has 0 spiro atoms. The minimum atomic E-state index is -1.08. The molecule has 104 valence electrons. The Balaban J connectivity index is 2.27. The van der Waals surface area contributed by atoms with Crippen molar-refractivity contribution in [3.63, 3.8) is 0 Å². The number of benzene rings is 1. The summed E-state index contributed by atoms with van der Waals surface area (Å²) in [7, 11) is 1.51. The van der Waals surface area contributed by atoms with Crippen LogP contribution in [-0.2, 0) is 9.53 Å². The summed E-state index contributed by atoms with van der Waals surface area (Å²) in [5.41, 5.74) is 7.10. The zero-order valence-corrected chi connectivity index (χ0v) is 10.8. The molecule has 0 unspecified atom stereocenters. The first-order valence-corrected chi connectivity index (χ1v) is 6.12. The summed E-state index contributed by atoms with van der Waals surface area (Å²) < 4.78 is 10.5. The van der Waals surface area contributed by atoms with Crippen molar-refractivity contribution in [3.05, 3.63) is 23.8 Å². The fourth-order valence-electron chi connectivity index (χ4n) is 2.11. The lowest BCUT2D eigenvalue weighted by atomic mass is 10.1. The minimum Gasteiger partial charge on any atom is -0.496 e. The average molecular weight is 266 g/mol. The molecular formula is C13H18N2O4. The molecule has 1 aromatic rings. The number of rotatable bonds is 4. The quantitative estimate of drug-likeness (QED) is 0.831. The summed E-state index contributed by atoms with van der Waals surface area (Å²) in [6, 6.07) is 4.33. The smallest absolute Gasteiger partial charge is 0.325 e. The lowest BCUT2D eigenvalue weighted by molar-refractivity contribution is -0.138. The normalized spacial score (nSPS) is 17.1. The Kier molecular flexibility index (Phi) is 4.24. The van der Waals surface area contributed by atoms with Gasteiger partial charge in [-0.25, -0.2) is 0 Å². The Labute approximate surface area is 111 Å². The lowest BCUT2D eigenvalue weighted by Crippen LogP contribution is -2.36. The Morgan fingerprint density at radius 3 is 2.74 bits per heavy atom. The molecule has 0 aliphatic carbocycles. The second kappa shape index (κ2) is 5.90. The summed E-state index contributed by atoms with van der Waals surface area (Å²) in [5, 5.41) is 8.97. The molecule has 1 fully saturated rings. The van der Waals surface area contributed by atoms with Gasteiger partial charge in [0.2, 0.25) is 0 Å². The van der Waals surface area contributed by atoms with Crippen LogP contribution in [0.15, 0.2) is 18.2 Å². The second-order valence-corrected chi connectivity index (χ2v) is 4.34. The molecule has 6 heteroatoms. The fraction of sp³-hybridized carbons (Fsp3) is 0.462. The predicted octanol–water partition coefficient (Wildman–Crippen LogP) is 0.616. The topological polar surface area (TPSA) is 85.0 Å². The molecule has 0 bridgehead atoms. The molecule has 1 heterocycles. The fourth-order valence-corrected chi connectivity index (χ4v) is 2.11. The molecule has 1 atom stereocenters. The number of nitrogens with zero attached hydrogens (tertiary/aromatic N) is 1. The number of nitrogens with two attached hydrogens (primary N) is 1. The average Bonchev–Trinajstić information content (AvgIpc) is 2.46. The maximum Gasteiger partial charge on any atom is 0.325 e. The van der Waals surface area contributed by atoms with Crippen LogP contribution in [0.4, 0.5) is 5.69 Å². The highest BCUT2D eigenvalue weighted by Crippen LogP contribution is 2.29.